The Morgan fingerprint density at radius 1 is 1.00 bits per heavy atom. The quantitative estimate of drug-likeness (QED) is 0.558. The molecule has 3 heteroatoms. The van der Waals surface area contributed by atoms with E-state index in [4.69, 9.17) is 4.43 Å². The number of hydrogen-bond donors (Lipinski definition) is 0. The molecule has 0 atom stereocenters. The van der Waals surface area contributed by atoms with Crippen molar-refractivity contribution in [3.63, 3.8) is 0 Å². The van der Waals surface area contributed by atoms with E-state index in [-0.39, 0.29) is 0 Å². The fourth-order valence-electron chi connectivity index (χ4n) is 1.30. The second-order valence-electron chi connectivity index (χ2n) is 4.78. The molecule has 0 amide bonds. The Kier molecular flexibility index (Phi) is 5.92. The van der Waals surface area contributed by atoms with Gasteiger partial charge in [0, 0.05) is 0 Å². The van der Waals surface area contributed by atoms with Crippen molar-refractivity contribution in [3.8, 4) is 10.9 Å². The third-order valence-corrected chi connectivity index (χ3v) is 13.3. The summed E-state index contributed by atoms with van der Waals surface area (Å²) in [5, 5.41) is 3.90. The first-order valence-electron chi connectivity index (χ1n) is 5.59. The van der Waals surface area contributed by atoms with Crippen LogP contribution in [0.2, 0.25) is 35.4 Å². The van der Waals surface area contributed by atoms with Crippen LogP contribution in [-0.2, 0) is 4.43 Å². The Bertz CT molecular complexity index is 209. The van der Waals surface area contributed by atoms with Gasteiger partial charge in [0.2, 0.25) is 0 Å². The van der Waals surface area contributed by atoms with Gasteiger partial charge < -0.3 is 0 Å². The molecule has 0 aliphatic heterocycles. The van der Waals surface area contributed by atoms with Crippen molar-refractivity contribution in [2.45, 2.75) is 56.2 Å². The molecular formula is C11H24GeOSi. The van der Waals surface area contributed by atoms with Gasteiger partial charge in [0.25, 0.3) is 0 Å². The van der Waals surface area contributed by atoms with E-state index >= 15 is 0 Å². The van der Waals surface area contributed by atoms with Gasteiger partial charge in [-0.1, -0.05) is 0 Å². The molecule has 0 saturated heterocycles. The maximum absolute atomic E-state index is 5.62. The first kappa shape index (κ1) is 14.1. The molecule has 0 aromatic rings. The van der Waals surface area contributed by atoms with Crippen LogP contribution < -0.4 is 0 Å². The van der Waals surface area contributed by atoms with E-state index in [1.165, 1.54) is 15.8 Å². The van der Waals surface area contributed by atoms with Gasteiger partial charge in [-0.05, 0) is 0 Å². The van der Waals surface area contributed by atoms with Gasteiger partial charge in [-0.2, -0.15) is 0 Å². The first-order chi connectivity index (χ1) is 6.39. The van der Waals surface area contributed by atoms with E-state index in [1.807, 2.05) is 0 Å². The van der Waals surface area contributed by atoms with Crippen molar-refractivity contribution < 1.29 is 4.43 Å². The molecule has 0 spiro atoms. The van der Waals surface area contributed by atoms with Crippen molar-refractivity contribution in [3.05, 3.63) is 0 Å². The van der Waals surface area contributed by atoms with Gasteiger partial charge in [-0.3, -0.25) is 0 Å². The topological polar surface area (TPSA) is 9.23 Å². The van der Waals surface area contributed by atoms with E-state index in [0.717, 1.165) is 0 Å². The fraction of sp³-hybridized carbons (Fsp3) is 0.818. The Labute approximate surface area is 93.1 Å². The first-order valence-corrected chi connectivity index (χ1v) is 14.5. The van der Waals surface area contributed by atoms with E-state index in [2.05, 4.69) is 51.3 Å². The molecule has 0 aromatic carbocycles. The van der Waals surface area contributed by atoms with E-state index in [1.54, 1.807) is 0 Å². The number of hydrogen-bond acceptors (Lipinski definition) is 1. The van der Waals surface area contributed by atoms with Crippen molar-refractivity contribution >= 4 is 21.6 Å². The summed E-state index contributed by atoms with van der Waals surface area (Å²) in [4.78, 5) is 0. The number of rotatable bonds is 4. The van der Waals surface area contributed by atoms with Crippen LogP contribution in [0.4, 0.5) is 0 Å². The Morgan fingerprint density at radius 3 is 1.71 bits per heavy atom. The van der Waals surface area contributed by atoms with Crippen LogP contribution in [0.15, 0.2) is 0 Å². The Hall–Kier alpha value is 0.120. The molecule has 0 aromatic heterocycles. The molecule has 0 aliphatic carbocycles. The molecule has 0 bridgehead atoms. The second kappa shape index (κ2) is 5.87. The van der Waals surface area contributed by atoms with Crippen LogP contribution in [0, 0.1) is 10.9 Å². The summed E-state index contributed by atoms with van der Waals surface area (Å²) in [5.41, 5.74) is 0. The normalized spacial score (nSPS) is 11.9. The van der Waals surface area contributed by atoms with Gasteiger partial charge in [0.1, 0.15) is 0 Å². The predicted octanol–water partition coefficient (Wildman–Crippen LogP) is 3.85. The Balaban J connectivity index is 4.43. The molecule has 0 saturated carbocycles. The predicted molar refractivity (Wildman–Crippen MR) is 69.4 cm³/mol. The summed E-state index contributed by atoms with van der Waals surface area (Å²) >= 11 is -1.79. The summed E-state index contributed by atoms with van der Waals surface area (Å²) in [7, 11) is -1.44. The molecule has 0 radical (unpaired) electrons. The zero-order valence-corrected chi connectivity index (χ0v) is 13.6. The van der Waals surface area contributed by atoms with Crippen molar-refractivity contribution in [1.29, 1.82) is 0 Å². The molecule has 0 aliphatic rings. The molecule has 0 N–H and O–H groups in total. The summed E-state index contributed by atoms with van der Waals surface area (Å²) < 4.78 is 9.10. The minimum atomic E-state index is -1.79. The zero-order valence-electron chi connectivity index (χ0n) is 10.5. The van der Waals surface area contributed by atoms with Gasteiger partial charge in [-0.25, -0.2) is 0 Å². The zero-order chi connectivity index (χ0) is 11.2. The maximum atomic E-state index is 5.62. The van der Waals surface area contributed by atoms with Crippen molar-refractivity contribution in [2.75, 3.05) is 0 Å². The summed E-state index contributed by atoms with van der Waals surface area (Å²) in [5.74, 6) is 0. The van der Waals surface area contributed by atoms with Gasteiger partial charge in [0.05, 0.1) is 0 Å². The molecule has 82 valence electrons. The second-order valence-corrected chi connectivity index (χ2v) is 19.6. The van der Waals surface area contributed by atoms with Crippen LogP contribution >= 0.6 is 0 Å². The average molecular weight is 273 g/mol. The SMILES string of the molecule is C[CH2][Ge]([C]#CO[Si](C)(C)C)([CH2]C)[CH2]C. The molecule has 0 heterocycles. The van der Waals surface area contributed by atoms with Crippen LogP contribution in [0.25, 0.3) is 0 Å². The van der Waals surface area contributed by atoms with E-state index < -0.39 is 21.6 Å². The van der Waals surface area contributed by atoms with Crippen LogP contribution in [0.3, 0.4) is 0 Å². The molecule has 14 heavy (non-hydrogen) atoms. The third-order valence-electron chi connectivity index (χ3n) is 2.70. The van der Waals surface area contributed by atoms with E-state index in [0.29, 0.717) is 0 Å². The Morgan fingerprint density at radius 2 is 1.43 bits per heavy atom. The summed E-state index contributed by atoms with van der Waals surface area (Å²) in [6, 6.07) is 0. The van der Waals surface area contributed by atoms with Crippen LogP contribution in [0.5, 0.6) is 0 Å². The van der Waals surface area contributed by atoms with Gasteiger partial charge in [-0.15, -0.1) is 0 Å². The standard InChI is InChI=1S/C11H24GeOSi/c1-7-12(8-2,9-3)10-11-13-14(4,5)6/h7-9H2,1-6H3. The van der Waals surface area contributed by atoms with E-state index in [9.17, 15) is 0 Å². The molecule has 1 nitrogen and oxygen atoms in total. The molecule has 0 rings (SSSR count). The average Bonchev–Trinajstić information content (AvgIpc) is 2.11. The molecule has 0 fully saturated rings. The molecule has 0 unspecified atom stereocenters. The summed E-state index contributed by atoms with van der Waals surface area (Å²) in [6.45, 7) is 13.4. The third kappa shape index (κ3) is 5.11. The van der Waals surface area contributed by atoms with Gasteiger partial charge >= 0.3 is 93.0 Å². The fourth-order valence-corrected chi connectivity index (χ4v) is 6.69. The van der Waals surface area contributed by atoms with Crippen molar-refractivity contribution in [2.24, 2.45) is 0 Å². The van der Waals surface area contributed by atoms with Crippen LogP contribution in [0.1, 0.15) is 20.8 Å². The van der Waals surface area contributed by atoms with Gasteiger partial charge in [0.15, 0.2) is 0 Å². The van der Waals surface area contributed by atoms with Crippen molar-refractivity contribution in [1.82, 2.24) is 0 Å². The monoisotopic (exact) mass is 274 g/mol. The van der Waals surface area contributed by atoms with Crippen LogP contribution in [-0.4, -0.2) is 21.6 Å². The summed E-state index contributed by atoms with van der Waals surface area (Å²) in [6.07, 6.45) is 3.01. The molecular weight excluding hydrogens is 249 g/mol. The minimum absolute atomic E-state index is 1.30.